The summed E-state index contributed by atoms with van der Waals surface area (Å²) in [4.78, 5) is 25.0. The summed E-state index contributed by atoms with van der Waals surface area (Å²) in [5.41, 5.74) is 9.73. The summed E-state index contributed by atoms with van der Waals surface area (Å²) in [7, 11) is 0. The molecule has 26 heavy (non-hydrogen) atoms. The lowest BCUT2D eigenvalue weighted by molar-refractivity contribution is -0.121. The zero-order valence-electron chi connectivity index (χ0n) is 14.1. The number of likely N-dealkylation sites (tertiary alicyclic amines) is 1. The highest BCUT2D eigenvalue weighted by Crippen LogP contribution is 2.44. The van der Waals surface area contributed by atoms with E-state index in [1.165, 1.54) is 0 Å². The molecule has 6 heteroatoms. The number of hydrogen-bond donors (Lipinski definition) is 1. The first-order chi connectivity index (χ1) is 12.6. The second-order valence-corrected chi connectivity index (χ2v) is 6.71. The number of ether oxygens (including phenoxy) is 1. The normalized spacial score (nSPS) is 21.3. The zero-order valence-corrected chi connectivity index (χ0v) is 14.1. The first-order valence-corrected chi connectivity index (χ1v) is 8.61. The first-order valence-electron chi connectivity index (χ1n) is 8.61. The molecular weight excluding hydrogens is 335 g/mol. The Balaban J connectivity index is 1.53. The van der Waals surface area contributed by atoms with E-state index >= 15 is 0 Å². The molecule has 0 aromatic heterocycles. The summed E-state index contributed by atoms with van der Waals surface area (Å²) in [6, 6.07) is 15.1. The van der Waals surface area contributed by atoms with E-state index in [1.807, 2.05) is 48.5 Å². The molecule has 2 amide bonds. The molecule has 0 bridgehead atoms. The fourth-order valence-electron chi connectivity index (χ4n) is 3.93. The van der Waals surface area contributed by atoms with Crippen LogP contribution in [0.1, 0.15) is 23.5 Å². The molecule has 0 saturated carbocycles. The van der Waals surface area contributed by atoms with Crippen LogP contribution in [0.25, 0.3) is 11.1 Å². The molecule has 0 unspecified atom stereocenters. The summed E-state index contributed by atoms with van der Waals surface area (Å²) < 4.78 is 19.1. The van der Waals surface area contributed by atoms with Crippen molar-refractivity contribution < 1.29 is 18.7 Å². The maximum Gasteiger partial charge on any atom is 0.410 e. The summed E-state index contributed by atoms with van der Waals surface area (Å²) in [6.45, 7) is -0.0317. The summed E-state index contributed by atoms with van der Waals surface area (Å²) >= 11 is 0. The number of primary amides is 1. The molecule has 2 aromatic rings. The summed E-state index contributed by atoms with van der Waals surface area (Å²) in [5.74, 6) is -0.791. The third-order valence-corrected chi connectivity index (χ3v) is 5.15. The van der Waals surface area contributed by atoms with Crippen molar-refractivity contribution in [3.8, 4) is 11.1 Å². The maximum atomic E-state index is 13.6. The minimum Gasteiger partial charge on any atom is -0.448 e. The van der Waals surface area contributed by atoms with E-state index in [1.54, 1.807) is 0 Å². The van der Waals surface area contributed by atoms with Crippen molar-refractivity contribution in [2.24, 2.45) is 5.73 Å². The summed E-state index contributed by atoms with van der Waals surface area (Å²) in [5, 5.41) is 0. The number of carbonyl (C=O) groups is 2. The minimum absolute atomic E-state index is 0.0699. The van der Waals surface area contributed by atoms with Crippen LogP contribution in [0.2, 0.25) is 0 Å². The van der Waals surface area contributed by atoms with Gasteiger partial charge in [0.25, 0.3) is 0 Å². The molecule has 4 rings (SSSR count). The van der Waals surface area contributed by atoms with E-state index in [0.29, 0.717) is 0 Å². The lowest BCUT2D eigenvalue weighted by Crippen LogP contribution is -2.44. The molecule has 2 aromatic carbocycles. The number of alkyl halides is 1. The van der Waals surface area contributed by atoms with Gasteiger partial charge in [-0.15, -0.1) is 0 Å². The molecule has 2 atom stereocenters. The predicted molar refractivity (Wildman–Crippen MR) is 94.3 cm³/mol. The Hall–Kier alpha value is -2.89. The second kappa shape index (κ2) is 6.44. The molecule has 1 saturated heterocycles. The van der Waals surface area contributed by atoms with Crippen molar-refractivity contribution in [2.45, 2.75) is 24.6 Å². The van der Waals surface area contributed by atoms with Crippen LogP contribution in [0.4, 0.5) is 9.18 Å². The van der Waals surface area contributed by atoms with Gasteiger partial charge in [-0.05, 0) is 22.3 Å². The van der Waals surface area contributed by atoms with Gasteiger partial charge in [-0.2, -0.15) is 0 Å². The third-order valence-electron chi connectivity index (χ3n) is 5.15. The number of fused-ring (bicyclic) bond motifs is 3. The zero-order chi connectivity index (χ0) is 18.3. The van der Waals surface area contributed by atoms with E-state index in [-0.39, 0.29) is 25.5 Å². The molecule has 2 aliphatic rings. The highest BCUT2D eigenvalue weighted by atomic mass is 19.1. The van der Waals surface area contributed by atoms with Crippen molar-refractivity contribution >= 4 is 12.0 Å². The number of carbonyl (C=O) groups excluding carboxylic acids is 2. The van der Waals surface area contributed by atoms with Gasteiger partial charge in [0.05, 0.1) is 6.54 Å². The van der Waals surface area contributed by atoms with Crippen LogP contribution in [0.3, 0.4) is 0 Å². The number of rotatable bonds is 3. The lowest BCUT2D eigenvalue weighted by atomic mass is 9.98. The molecule has 2 N–H and O–H groups in total. The average molecular weight is 354 g/mol. The van der Waals surface area contributed by atoms with Gasteiger partial charge in [0.15, 0.2) is 0 Å². The van der Waals surface area contributed by atoms with Gasteiger partial charge in [-0.3, -0.25) is 9.69 Å². The van der Waals surface area contributed by atoms with Crippen LogP contribution in [0.5, 0.6) is 0 Å². The highest BCUT2D eigenvalue weighted by molar-refractivity contribution is 5.85. The quantitative estimate of drug-likeness (QED) is 0.921. The number of hydrogen-bond acceptors (Lipinski definition) is 3. The van der Waals surface area contributed by atoms with Gasteiger partial charge in [0.1, 0.15) is 18.8 Å². The minimum atomic E-state index is -1.26. The molecular formula is C20H19FN2O3. The maximum absolute atomic E-state index is 13.6. The van der Waals surface area contributed by atoms with Crippen LogP contribution < -0.4 is 5.73 Å². The van der Waals surface area contributed by atoms with Crippen molar-refractivity contribution in [1.29, 1.82) is 0 Å². The number of nitrogens with two attached hydrogens (primary N) is 1. The largest absolute Gasteiger partial charge is 0.448 e. The van der Waals surface area contributed by atoms with Crippen LogP contribution in [-0.2, 0) is 9.53 Å². The molecule has 1 fully saturated rings. The Morgan fingerprint density at radius 2 is 1.65 bits per heavy atom. The van der Waals surface area contributed by atoms with E-state index in [0.717, 1.165) is 27.2 Å². The van der Waals surface area contributed by atoms with Crippen LogP contribution >= 0.6 is 0 Å². The van der Waals surface area contributed by atoms with Gasteiger partial charge in [0, 0.05) is 12.3 Å². The fraction of sp³-hybridized carbons (Fsp3) is 0.300. The average Bonchev–Trinajstić information content (AvgIpc) is 3.18. The molecule has 0 radical (unpaired) electrons. The van der Waals surface area contributed by atoms with Crippen LogP contribution in [0.15, 0.2) is 48.5 Å². The van der Waals surface area contributed by atoms with Gasteiger partial charge in [-0.1, -0.05) is 48.5 Å². The molecule has 1 aliphatic carbocycles. The number of halogens is 1. The van der Waals surface area contributed by atoms with E-state index in [9.17, 15) is 14.0 Å². The third kappa shape index (κ3) is 2.71. The Kier molecular flexibility index (Phi) is 4.11. The SMILES string of the molecule is NC(=O)[C@@H]1C[C@H](F)CN1C(=O)OCC1c2ccccc2-c2ccccc21. The Morgan fingerprint density at radius 3 is 2.23 bits per heavy atom. The van der Waals surface area contributed by atoms with Crippen LogP contribution in [0, 0.1) is 0 Å². The van der Waals surface area contributed by atoms with Crippen molar-refractivity contribution in [3.63, 3.8) is 0 Å². The van der Waals surface area contributed by atoms with Gasteiger partial charge < -0.3 is 10.5 Å². The van der Waals surface area contributed by atoms with Crippen molar-refractivity contribution in [1.82, 2.24) is 4.90 Å². The highest BCUT2D eigenvalue weighted by Gasteiger charge is 2.40. The molecule has 1 aliphatic heterocycles. The standard InChI is InChI=1S/C20H19FN2O3/c21-12-9-18(19(22)24)23(10-12)20(25)26-11-17-15-7-3-1-5-13(15)14-6-2-4-8-16(14)17/h1-8,12,17-18H,9-11H2,(H2,22,24)/t12-,18-/m0/s1. The lowest BCUT2D eigenvalue weighted by Gasteiger charge is -2.22. The second-order valence-electron chi connectivity index (χ2n) is 6.71. The van der Waals surface area contributed by atoms with E-state index in [4.69, 9.17) is 10.5 Å². The van der Waals surface area contributed by atoms with Gasteiger partial charge in [0.2, 0.25) is 5.91 Å². The van der Waals surface area contributed by atoms with E-state index < -0.39 is 24.2 Å². The predicted octanol–water partition coefficient (Wildman–Crippen LogP) is 2.83. The van der Waals surface area contributed by atoms with Gasteiger partial charge in [-0.25, -0.2) is 9.18 Å². The molecule has 1 heterocycles. The topological polar surface area (TPSA) is 72.6 Å². The Labute approximate surface area is 150 Å². The smallest absolute Gasteiger partial charge is 0.410 e. The van der Waals surface area contributed by atoms with E-state index in [2.05, 4.69) is 0 Å². The van der Waals surface area contributed by atoms with Crippen molar-refractivity contribution in [2.75, 3.05) is 13.2 Å². The Bertz CT molecular complexity index is 824. The number of nitrogens with zero attached hydrogens (tertiary/aromatic N) is 1. The summed E-state index contributed by atoms with van der Waals surface area (Å²) in [6.07, 6.45) is -2.02. The molecule has 134 valence electrons. The van der Waals surface area contributed by atoms with Gasteiger partial charge >= 0.3 is 6.09 Å². The number of benzene rings is 2. The molecule has 0 spiro atoms. The Morgan fingerprint density at radius 1 is 1.08 bits per heavy atom. The first kappa shape index (κ1) is 16.6. The van der Waals surface area contributed by atoms with Crippen LogP contribution in [-0.4, -0.2) is 42.3 Å². The fourth-order valence-corrected chi connectivity index (χ4v) is 3.93. The van der Waals surface area contributed by atoms with Crippen molar-refractivity contribution in [3.05, 3.63) is 59.7 Å². The molecule has 5 nitrogen and oxygen atoms in total. The monoisotopic (exact) mass is 354 g/mol. The number of amides is 2.